The molecule has 0 aromatic heterocycles. The van der Waals surface area contributed by atoms with Crippen LogP contribution in [-0.4, -0.2) is 57.8 Å². The molecule has 1 unspecified atom stereocenters. The van der Waals surface area contributed by atoms with E-state index >= 15 is 0 Å². The van der Waals surface area contributed by atoms with E-state index in [1.807, 2.05) is 0 Å². The molecule has 2 aliphatic heterocycles. The van der Waals surface area contributed by atoms with E-state index < -0.39 is 23.9 Å². The van der Waals surface area contributed by atoms with Gasteiger partial charge in [0.25, 0.3) is 5.91 Å². The first kappa shape index (κ1) is 24.5. The smallest absolute Gasteiger partial charge is 0.317 e. The summed E-state index contributed by atoms with van der Waals surface area (Å²) in [5.41, 5.74) is 1.41. The highest BCUT2D eigenvalue weighted by molar-refractivity contribution is 5.95. The number of fused-ring (bicyclic) bond motifs is 1. The van der Waals surface area contributed by atoms with Crippen molar-refractivity contribution in [2.75, 3.05) is 18.4 Å². The first-order valence-electron chi connectivity index (χ1n) is 12.3. The molecule has 1 aliphatic carbocycles. The van der Waals surface area contributed by atoms with Gasteiger partial charge in [-0.25, -0.2) is 13.6 Å². The fourth-order valence-corrected chi connectivity index (χ4v) is 5.32. The molecule has 2 aromatic carbocycles. The number of nitrogens with zero attached hydrogens (tertiary/aromatic N) is 1. The molecule has 1 saturated heterocycles. The highest BCUT2D eigenvalue weighted by atomic mass is 19.1. The summed E-state index contributed by atoms with van der Waals surface area (Å²) in [6.45, 7) is 1.10. The summed E-state index contributed by atoms with van der Waals surface area (Å²) in [7, 11) is 0. The molecular weight excluding hydrogens is 470 g/mol. The topological polar surface area (TPSA) is 114 Å². The number of halogens is 2. The number of piperidine rings is 1. The van der Waals surface area contributed by atoms with Gasteiger partial charge < -0.3 is 31.1 Å². The average Bonchev–Trinajstić information content (AvgIpc) is 2.83. The Kier molecular flexibility index (Phi) is 6.57. The highest BCUT2D eigenvalue weighted by Gasteiger charge is 2.41. The summed E-state index contributed by atoms with van der Waals surface area (Å²) in [5.74, 6) is -1.57. The molecule has 3 amide bonds. The number of likely N-dealkylation sites (tertiary alicyclic amines) is 1. The van der Waals surface area contributed by atoms with Gasteiger partial charge in [0.15, 0.2) is 0 Å². The van der Waals surface area contributed by atoms with Crippen LogP contribution < -0.4 is 16.0 Å². The van der Waals surface area contributed by atoms with Crippen LogP contribution in [0, 0.1) is 11.6 Å². The number of benzene rings is 2. The average molecular weight is 501 g/mol. The summed E-state index contributed by atoms with van der Waals surface area (Å²) in [4.78, 5) is 26.9. The molecule has 3 aliphatic rings. The van der Waals surface area contributed by atoms with Gasteiger partial charge in [-0.1, -0.05) is 6.07 Å². The Bertz CT molecular complexity index is 1160. The SMILES string of the molecule is O=C(NC1CC(O)C1)c1cc(CNC(=O)N2CCC3(CC2)CC(O)c2cc(F)ccc2N3)ccc1F. The van der Waals surface area contributed by atoms with Crippen LogP contribution in [0.15, 0.2) is 36.4 Å². The van der Waals surface area contributed by atoms with Crippen molar-refractivity contribution in [3.05, 3.63) is 64.7 Å². The maximum absolute atomic E-state index is 14.2. The van der Waals surface area contributed by atoms with Crippen LogP contribution in [-0.2, 0) is 6.54 Å². The Morgan fingerprint density at radius 1 is 1.08 bits per heavy atom. The molecule has 1 atom stereocenters. The van der Waals surface area contributed by atoms with Gasteiger partial charge >= 0.3 is 6.03 Å². The lowest BCUT2D eigenvalue weighted by atomic mass is 9.77. The Morgan fingerprint density at radius 3 is 2.56 bits per heavy atom. The molecule has 192 valence electrons. The van der Waals surface area contributed by atoms with Gasteiger partial charge in [-0.15, -0.1) is 0 Å². The molecule has 1 spiro atoms. The van der Waals surface area contributed by atoms with E-state index in [1.165, 1.54) is 30.3 Å². The standard InChI is InChI=1S/C26H30F2N4O4/c27-16-2-4-22-20(10-16)23(34)13-26(31-22)5-7-32(8-6-26)25(36)29-14-15-1-3-21(28)19(9-15)24(35)30-17-11-18(33)12-17/h1-4,9-10,17-18,23,31,33-34H,5-8,11-14H2,(H,29,36)(H,30,35). The molecule has 2 heterocycles. The second kappa shape index (κ2) is 9.67. The number of hydrogen-bond donors (Lipinski definition) is 5. The first-order chi connectivity index (χ1) is 17.2. The van der Waals surface area contributed by atoms with Crippen molar-refractivity contribution in [1.82, 2.24) is 15.5 Å². The van der Waals surface area contributed by atoms with Crippen LogP contribution in [0.2, 0.25) is 0 Å². The van der Waals surface area contributed by atoms with Crippen molar-refractivity contribution in [2.24, 2.45) is 0 Å². The number of aliphatic hydroxyl groups is 2. The Morgan fingerprint density at radius 2 is 1.83 bits per heavy atom. The lowest BCUT2D eigenvalue weighted by Crippen LogP contribution is -2.54. The van der Waals surface area contributed by atoms with Crippen LogP contribution in [0.3, 0.4) is 0 Å². The molecule has 0 bridgehead atoms. The van der Waals surface area contributed by atoms with Gasteiger partial charge in [-0.3, -0.25) is 4.79 Å². The minimum Gasteiger partial charge on any atom is -0.393 e. The maximum Gasteiger partial charge on any atom is 0.317 e. The van der Waals surface area contributed by atoms with Crippen molar-refractivity contribution < 1.29 is 28.6 Å². The molecule has 5 N–H and O–H groups in total. The molecule has 10 heteroatoms. The molecule has 2 aromatic rings. The van der Waals surface area contributed by atoms with Gasteiger partial charge in [0, 0.05) is 48.9 Å². The number of anilines is 1. The monoisotopic (exact) mass is 500 g/mol. The number of hydrogen-bond acceptors (Lipinski definition) is 5. The van der Waals surface area contributed by atoms with Crippen molar-refractivity contribution in [2.45, 2.75) is 62.4 Å². The van der Waals surface area contributed by atoms with Gasteiger partial charge in [-0.05, 0) is 61.6 Å². The summed E-state index contributed by atoms with van der Waals surface area (Å²) < 4.78 is 27.8. The van der Waals surface area contributed by atoms with Gasteiger partial charge in [0.2, 0.25) is 0 Å². The number of aliphatic hydroxyl groups excluding tert-OH is 2. The summed E-state index contributed by atoms with van der Waals surface area (Å²) in [6, 6.07) is 8.10. The normalized spacial score (nSPS) is 24.3. The zero-order valence-corrected chi connectivity index (χ0v) is 19.8. The predicted octanol–water partition coefficient (Wildman–Crippen LogP) is 2.81. The zero-order chi connectivity index (χ0) is 25.4. The summed E-state index contributed by atoms with van der Waals surface area (Å²) >= 11 is 0. The van der Waals surface area contributed by atoms with Crippen LogP contribution in [0.1, 0.15) is 59.7 Å². The molecule has 0 radical (unpaired) electrons. The Hall–Kier alpha value is -3.24. The predicted molar refractivity (Wildman–Crippen MR) is 128 cm³/mol. The van der Waals surface area contributed by atoms with Crippen molar-refractivity contribution >= 4 is 17.6 Å². The van der Waals surface area contributed by atoms with E-state index in [9.17, 15) is 28.6 Å². The van der Waals surface area contributed by atoms with Crippen LogP contribution in [0.4, 0.5) is 19.3 Å². The van der Waals surface area contributed by atoms with Gasteiger partial charge in [0.05, 0.1) is 17.8 Å². The van der Waals surface area contributed by atoms with Crippen molar-refractivity contribution in [3.8, 4) is 0 Å². The summed E-state index contributed by atoms with van der Waals surface area (Å²) in [5, 5.41) is 29.0. The second-order valence-electron chi connectivity index (χ2n) is 10.1. The molecule has 2 fully saturated rings. The number of carbonyl (C=O) groups excluding carboxylic acids is 2. The fraction of sp³-hybridized carbons (Fsp3) is 0.462. The Balaban J connectivity index is 1.15. The number of rotatable bonds is 4. The number of carbonyl (C=O) groups is 2. The van der Waals surface area contributed by atoms with Gasteiger partial charge in [-0.2, -0.15) is 0 Å². The van der Waals surface area contributed by atoms with E-state index in [0.29, 0.717) is 56.3 Å². The largest absolute Gasteiger partial charge is 0.393 e. The maximum atomic E-state index is 14.2. The molecule has 8 nitrogen and oxygen atoms in total. The van der Waals surface area contributed by atoms with E-state index in [4.69, 9.17) is 0 Å². The van der Waals surface area contributed by atoms with E-state index in [-0.39, 0.29) is 35.5 Å². The minimum absolute atomic E-state index is 0.0925. The van der Waals surface area contributed by atoms with Crippen LogP contribution in [0.5, 0.6) is 0 Å². The highest BCUT2D eigenvalue weighted by Crippen LogP contribution is 2.42. The minimum atomic E-state index is -0.767. The van der Waals surface area contributed by atoms with Crippen molar-refractivity contribution in [1.29, 1.82) is 0 Å². The number of urea groups is 1. The number of nitrogens with one attached hydrogen (secondary N) is 3. The van der Waals surface area contributed by atoms with Crippen LogP contribution >= 0.6 is 0 Å². The fourth-order valence-electron chi connectivity index (χ4n) is 5.32. The third-order valence-electron chi connectivity index (χ3n) is 7.53. The lowest BCUT2D eigenvalue weighted by Gasteiger charge is -2.47. The number of amides is 3. The zero-order valence-electron chi connectivity index (χ0n) is 19.8. The lowest BCUT2D eigenvalue weighted by molar-refractivity contribution is 0.0561. The molecular formula is C26H30F2N4O4. The summed E-state index contributed by atoms with van der Waals surface area (Å²) in [6.07, 6.45) is 1.43. The van der Waals surface area contributed by atoms with E-state index in [2.05, 4.69) is 16.0 Å². The van der Waals surface area contributed by atoms with E-state index in [1.54, 1.807) is 11.0 Å². The third-order valence-corrected chi connectivity index (χ3v) is 7.53. The molecule has 36 heavy (non-hydrogen) atoms. The first-order valence-corrected chi connectivity index (χ1v) is 12.3. The molecule has 1 saturated carbocycles. The quantitative estimate of drug-likeness (QED) is 0.443. The Labute approximate surface area is 207 Å². The van der Waals surface area contributed by atoms with Crippen LogP contribution in [0.25, 0.3) is 0 Å². The second-order valence-corrected chi connectivity index (χ2v) is 10.1. The van der Waals surface area contributed by atoms with E-state index in [0.717, 1.165) is 5.69 Å². The van der Waals surface area contributed by atoms with Crippen molar-refractivity contribution in [3.63, 3.8) is 0 Å². The third kappa shape index (κ3) is 5.01. The van der Waals surface area contributed by atoms with Gasteiger partial charge in [0.1, 0.15) is 11.6 Å². The molecule has 5 rings (SSSR count).